The Morgan fingerprint density at radius 1 is 1.00 bits per heavy atom. The van der Waals surface area contributed by atoms with Crippen LogP contribution in [-0.2, 0) is 29.6 Å². The molecule has 1 aliphatic heterocycles. The maximum absolute atomic E-state index is 13.2. The maximum Gasteiger partial charge on any atom is 0.338 e. The number of ketones is 1. The van der Waals surface area contributed by atoms with Crippen molar-refractivity contribution in [3.8, 4) is 17.2 Å². The smallest absolute Gasteiger partial charge is 0.338 e. The molecule has 0 spiro atoms. The number of fused-ring (bicyclic) bond motifs is 1. The second kappa shape index (κ2) is 13.9. The van der Waals surface area contributed by atoms with Crippen LogP contribution in [0.4, 0.5) is 11.5 Å². The fourth-order valence-corrected chi connectivity index (χ4v) is 6.22. The third-order valence-electron chi connectivity index (χ3n) is 6.50. The number of para-hydroxylation sites is 1. The molecule has 0 unspecified atom stereocenters. The van der Waals surface area contributed by atoms with Gasteiger partial charge in [0.1, 0.15) is 47.4 Å². The number of carbonyl (C=O) groups excluding carboxylic acids is 1. The van der Waals surface area contributed by atoms with E-state index in [0.29, 0.717) is 47.0 Å². The van der Waals surface area contributed by atoms with Gasteiger partial charge in [-0.3, -0.25) is 9.36 Å². The van der Waals surface area contributed by atoms with Gasteiger partial charge in [-0.05, 0) is 56.3 Å². The number of Topliss-reactive ketones (excluding diaryl/α,β-unsaturated/α-hetero) is 1. The number of carbonyl (C=O) groups is 1. The average molecular weight is 592 g/mol. The fraction of sp³-hybridized carbons (Fsp3) is 0.323. The number of nitrogens with zero attached hydrogens (tertiary/aromatic N) is 2. The van der Waals surface area contributed by atoms with E-state index in [4.69, 9.17) is 23.3 Å². The lowest BCUT2D eigenvalue weighted by Gasteiger charge is -2.19. The quantitative estimate of drug-likeness (QED) is 0.159. The summed E-state index contributed by atoms with van der Waals surface area (Å²) in [4.78, 5) is 22.1. The van der Waals surface area contributed by atoms with Gasteiger partial charge in [-0.15, -0.1) is 0 Å². The van der Waals surface area contributed by atoms with Crippen LogP contribution in [0.15, 0.2) is 73.1 Å². The molecule has 10 nitrogen and oxygen atoms in total. The molecule has 3 aromatic carbocycles. The molecule has 1 aromatic heterocycles. The Labute approximate surface area is 244 Å². The summed E-state index contributed by atoms with van der Waals surface area (Å²) < 4.78 is 41.3. The fourth-order valence-electron chi connectivity index (χ4n) is 4.64. The third-order valence-corrected chi connectivity index (χ3v) is 8.55. The molecule has 11 heteroatoms. The molecule has 0 saturated carbocycles. The summed E-state index contributed by atoms with van der Waals surface area (Å²) in [6.07, 6.45) is 1.74. The maximum atomic E-state index is 13.2. The summed E-state index contributed by atoms with van der Waals surface area (Å²) in [5, 5.41) is 4.05. The minimum Gasteiger partial charge on any atom is -0.488 e. The number of aromatic nitrogens is 2. The first-order chi connectivity index (χ1) is 20.4. The summed E-state index contributed by atoms with van der Waals surface area (Å²) in [5.74, 6) is 2.27. The molecular formula is C31H34N3O7P. The molecular weight excluding hydrogens is 557 g/mol. The van der Waals surface area contributed by atoms with Gasteiger partial charge in [0, 0.05) is 35.5 Å². The van der Waals surface area contributed by atoms with E-state index >= 15 is 0 Å². The van der Waals surface area contributed by atoms with Crippen molar-refractivity contribution in [1.29, 1.82) is 0 Å². The Kier molecular flexibility index (Phi) is 9.81. The number of hydrogen-bond acceptors (Lipinski definition) is 10. The number of rotatable bonds is 14. The molecule has 1 N–H and O–H groups in total. The minimum absolute atomic E-state index is 0.0250. The van der Waals surface area contributed by atoms with Crippen LogP contribution in [0.2, 0.25) is 0 Å². The highest BCUT2D eigenvalue weighted by atomic mass is 31.2. The highest BCUT2D eigenvalue weighted by Crippen LogP contribution is 2.48. The van der Waals surface area contributed by atoms with Gasteiger partial charge in [0.05, 0.1) is 31.9 Å². The summed E-state index contributed by atoms with van der Waals surface area (Å²) >= 11 is 0. The van der Waals surface area contributed by atoms with Crippen LogP contribution in [-0.4, -0.2) is 54.4 Å². The van der Waals surface area contributed by atoms with Gasteiger partial charge < -0.3 is 28.6 Å². The van der Waals surface area contributed by atoms with Crippen molar-refractivity contribution >= 4 is 35.8 Å². The third kappa shape index (κ3) is 7.72. The Balaban J connectivity index is 1.41. The Hall–Kier alpha value is -3.82. The van der Waals surface area contributed by atoms with Crippen molar-refractivity contribution in [3.05, 3.63) is 78.6 Å². The van der Waals surface area contributed by atoms with E-state index in [9.17, 15) is 9.36 Å². The van der Waals surface area contributed by atoms with Crippen LogP contribution >= 0.6 is 7.60 Å². The second-order valence-corrected chi connectivity index (χ2v) is 11.7. The summed E-state index contributed by atoms with van der Waals surface area (Å²) in [5.41, 5.74) is 2.07. The van der Waals surface area contributed by atoms with E-state index in [1.54, 1.807) is 13.8 Å². The number of hydrogen-bond donors (Lipinski definition) is 1. The van der Waals surface area contributed by atoms with E-state index in [0.717, 1.165) is 17.9 Å². The van der Waals surface area contributed by atoms with Gasteiger partial charge in [-0.2, -0.15) is 0 Å². The van der Waals surface area contributed by atoms with Crippen LogP contribution in [0.5, 0.6) is 17.2 Å². The largest absolute Gasteiger partial charge is 0.488 e. The van der Waals surface area contributed by atoms with Gasteiger partial charge in [0.15, 0.2) is 0 Å². The molecule has 5 rings (SSSR count). The normalized spacial score (nSPS) is 15.0. The molecule has 0 amide bonds. The predicted molar refractivity (Wildman–Crippen MR) is 160 cm³/mol. The van der Waals surface area contributed by atoms with Crippen LogP contribution in [0.3, 0.4) is 0 Å². The number of nitrogens with one attached hydrogen (secondary N) is 1. The van der Waals surface area contributed by atoms with Crippen LogP contribution in [0, 0.1) is 0 Å². The lowest BCUT2D eigenvalue weighted by atomic mass is 10.0. The first kappa shape index (κ1) is 29.7. The Morgan fingerprint density at radius 2 is 1.74 bits per heavy atom. The molecule has 1 atom stereocenters. The number of anilines is 2. The highest BCUT2D eigenvalue weighted by molar-refractivity contribution is 7.54. The molecule has 42 heavy (non-hydrogen) atoms. The van der Waals surface area contributed by atoms with E-state index < -0.39 is 7.60 Å². The van der Waals surface area contributed by atoms with Gasteiger partial charge in [-0.1, -0.05) is 18.2 Å². The van der Waals surface area contributed by atoms with Crippen LogP contribution in [0.25, 0.3) is 10.9 Å². The zero-order valence-electron chi connectivity index (χ0n) is 23.7. The van der Waals surface area contributed by atoms with Crippen molar-refractivity contribution in [2.75, 3.05) is 37.9 Å². The van der Waals surface area contributed by atoms with Gasteiger partial charge in [-0.25, -0.2) is 9.97 Å². The Morgan fingerprint density at radius 3 is 2.43 bits per heavy atom. The minimum atomic E-state index is -3.54. The van der Waals surface area contributed by atoms with E-state index in [1.807, 2.05) is 66.7 Å². The summed E-state index contributed by atoms with van der Waals surface area (Å²) in [7, 11) is -3.54. The molecule has 4 aromatic rings. The lowest BCUT2D eigenvalue weighted by Crippen LogP contribution is -2.18. The van der Waals surface area contributed by atoms with Crippen molar-refractivity contribution < 1.29 is 32.6 Å². The lowest BCUT2D eigenvalue weighted by molar-refractivity contribution is -0.116. The van der Waals surface area contributed by atoms with Crippen LogP contribution < -0.4 is 14.8 Å². The first-order valence-electron chi connectivity index (χ1n) is 14.0. The number of ether oxygens (including phenoxy) is 3. The van der Waals surface area contributed by atoms with E-state index in [1.165, 1.54) is 6.33 Å². The standard InChI is InChI=1S/C31H34N3O7P/c1-3-38-42(36,39-4-2)20-24(35)16-22-17-28-29(18-30(22)41-27-14-15-37-19-27)32-21-33-31(28)34-23-10-12-26(13-11-23)40-25-8-6-5-7-9-25/h5-13,17-18,21,27H,3-4,14-16,19-20H2,1-2H3,(H,32,33,34)/t27-/m0/s1. The van der Waals surface area contributed by atoms with Crippen LogP contribution in [0.1, 0.15) is 25.8 Å². The average Bonchev–Trinajstić information content (AvgIpc) is 3.48. The van der Waals surface area contributed by atoms with Crippen molar-refractivity contribution in [1.82, 2.24) is 9.97 Å². The van der Waals surface area contributed by atoms with Gasteiger partial charge in [0.2, 0.25) is 0 Å². The van der Waals surface area contributed by atoms with E-state index in [2.05, 4.69) is 15.3 Å². The van der Waals surface area contributed by atoms with E-state index in [-0.39, 0.29) is 37.7 Å². The topological polar surface area (TPSA) is 118 Å². The number of benzene rings is 3. The molecule has 0 bridgehead atoms. The van der Waals surface area contributed by atoms with Gasteiger partial charge in [0.25, 0.3) is 0 Å². The van der Waals surface area contributed by atoms with Crippen molar-refractivity contribution in [2.24, 2.45) is 0 Å². The SMILES string of the molecule is CCOP(=O)(CC(=O)Cc1cc2c(Nc3ccc(Oc4ccccc4)cc3)ncnc2cc1O[C@H]1CCOC1)OCC. The zero-order chi connectivity index (χ0) is 29.4. The molecule has 2 heterocycles. The molecule has 0 aliphatic carbocycles. The predicted octanol–water partition coefficient (Wildman–Crippen LogP) is 6.71. The monoisotopic (exact) mass is 591 g/mol. The molecule has 1 saturated heterocycles. The zero-order valence-corrected chi connectivity index (χ0v) is 24.5. The first-order valence-corrected chi connectivity index (χ1v) is 15.7. The summed E-state index contributed by atoms with van der Waals surface area (Å²) in [6, 6.07) is 20.7. The second-order valence-electron chi connectivity index (χ2n) is 9.69. The van der Waals surface area contributed by atoms with Gasteiger partial charge >= 0.3 is 7.60 Å². The highest BCUT2D eigenvalue weighted by Gasteiger charge is 2.29. The van der Waals surface area contributed by atoms with Crippen molar-refractivity contribution in [2.45, 2.75) is 32.8 Å². The van der Waals surface area contributed by atoms with Crippen molar-refractivity contribution in [3.63, 3.8) is 0 Å². The molecule has 0 radical (unpaired) electrons. The molecule has 220 valence electrons. The molecule has 1 aliphatic rings. The molecule has 1 fully saturated rings. The Bertz CT molecular complexity index is 1530. The summed E-state index contributed by atoms with van der Waals surface area (Å²) in [6.45, 7) is 4.88.